The van der Waals surface area contributed by atoms with Gasteiger partial charge in [-0.05, 0) is 24.3 Å². The number of fused-ring (bicyclic) bond motifs is 1. The number of aromatic amines is 1. The molecule has 0 radical (unpaired) electrons. The zero-order valence-electron chi connectivity index (χ0n) is 11.6. The molecule has 0 aliphatic rings. The van der Waals surface area contributed by atoms with Crippen molar-refractivity contribution >= 4 is 10.8 Å². The van der Waals surface area contributed by atoms with Crippen molar-refractivity contribution < 1.29 is 0 Å². The molecule has 2 aromatic carbocycles. The van der Waals surface area contributed by atoms with Crippen molar-refractivity contribution in [2.45, 2.75) is 0 Å². The third-order valence-electron chi connectivity index (χ3n) is 3.61. The largest absolute Gasteiger partial charge is 0.272 e. The first-order valence-electron chi connectivity index (χ1n) is 6.91. The van der Waals surface area contributed by atoms with E-state index in [2.05, 4.69) is 15.3 Å². The summed E-state index contributed by atoms with van der Waals surface area (Å²) in [5.41, 5.74) is 2.51. The standard InChI is InChI=1S/C17H12N4O/c22-17-15-5-2-1-4-14(15)16(19-20-17)12-6-8-13(9-7-12)21-11-3-10-18-21/h1-11H,(H,20,22). The van der Waals surface area contributed by atoms with Crippen LogP contribution in [0.1, 0.15) is 0 Å². The molecule has 0 spiro atoms. The summed E-state index contributed by atoms with van der Waals surface area (Å²) < 4.78 is 1.79. The smallest absolute Gasteiger partial charge is 0.267 e. The number of nitrogens with one attached hydrogen (secondary N) is 1. The van der Waals surface area contributed by atoms with Crippen molar-refractivity contribution in [2.75, 3.05) is 0 Å². The first kappa shape index (κ1) is 12.5. The molecule has 0 aliphatic heterocycles. The Kier molecular flexibility index (Phi) is 2.83. The van der Waals surface area contributed by atoms with E-state index < -0.39 is 0 Å². The van der Waals surface area contributed by atoms with Crippen LogP contribution in [0.4, 0.5) is 0 Å². The Bertz CT molecular complexity index is 985. The van der Waals surface area contributed by atoms with Crippen molar-refractivity contribution in [3.8, 4) is 16.9 Å². The molecule has 4 aromatic rings. The van der Waals surface area contributed by atoms with Gasteiger partial charge in [0.05, 0.1) is 16.8 Å². The molecule has 5 nitrogen and oxygen atoms in total. The average molecular weight is 288 g/mol. The van der Waals surface area contributed by atoms with Crippen molar-refractivity contribution in [3.05, 3.63) is 77.3 Å². The molecular weight excluding hydrogens is 276 g/mol. The summed E-state index contributed by atoms with van der Waals surface area (Å²) in [6.45, 7) is 0. The van der Waals surface area contributed by atoms with Gasteiger partial charge in [-0.25, -0.2) is 9.78 Å². The number of benzene rings is 2. The van der Waals surface area contributed by atoms with Crippen molar-refractivity contribution in [3.63, 3.8) is 0 Å². The SMILES string of the molecule is O=c1[nH]nc(-c2ccc(-n3cccn3)cc2)c2ccccc12. The topological polar surface area (TPSA) is 63.6 Å². The Morgan fingerprint density at radius 3 is 2.41 bits per heavy atom. The number of aromatic nitrogens is 4. The predicted molar refractivity (Wildman–Crippen MR) is 84.9 cm³/mol. The third-order valence-corrected chi connectivity index (χ3v) is 3.61. The minimum absolute atomic E-state index is 0.174. The van der Waals surface area contributed by atoms with E-state index in [0.717, 1.165) is 22.3 Å². The summed E-state index contributed by atoms with van der Waals surface area (Å²) in [6.07, 6.45) is 3.63. The molecule has 5 heteroatoms. The van der Waals surface area contributed by atoms with Crippen LogP contribution >= 0.6 is 0 Å². The lowest BCUT2D eigenvalue weighted by molar-refractivity contribution is 0.880. The second kappa shape index (κ2) is 4.96. The van der Waals surface area contributed by atoms with E-state index in [4.69, 9.17) is 0 Å². The summed E-state index contributed by atoms with van der Waals surface area (Å²) in [4.78, 5) is 11.8. The van der Waals surface area contributed by atoms with Crippen LogP contribution in [0.15, 0.2) is 71.8 Å². The molecule has 0 bridgehead atoms. The minimum atomic E-state index is -0.174. The lowest BCUT2D eigenvalue weighted by Crippen LogP contribution is -2.09. The van der Waals surface area contributed by atoms with Gasteiger partial charge in [-0.15, -0.1) is 0 Å². The Morgan fingerprint density at radius 1 is 0.909 bits per heavy atom. The summed E-state index contributed by atoms with van der Waals surface area (Å²) in [5.74, 6) is 0. The van der Waals surface area contributed by atoms with Crippen LogP contribution in [-0.2, 0) is 0 Å². The van der Waals surface area contributed by atoms with Crippen molar-refractivity contribution in [1.82, 2.24) is 20.0 Å². The lowest BCUT2D eigenvalue weighted by Gasteiger charge is -2.06. The fourth-order valence-electron chi connectivity index (χ4n) is 2.53. The molecule has 0 saturated heterocycles. The normalized spacial score (nSPS) is 10.9. The Hall–Kier alpha value is -3.21. The number of H-pyrrole nitrogens is 1. The van der Waals surface area contributed by atoms with Gasteiger partial charge in [0.2, 0.25) is 0 Å². The molecule has 0 amide bonds. The minimum Gasteiger partial charge on any atom is -0.267 e. The van der Waals surface area contributed by atoms with Crippen LogP contribution in [0.25, 0.3) is 27.7 Å². The van der Waals surface area contributed by atoms with E-state index in [0.29, 0.717) is 5.39 Å². The van der Waals surface area contributed by atoms with E-state index in [1.165, 1.54) is 0 Å². The molecule has 106 valence electrons. The van der Waals surface area contributed by atoms with Gasteiger partial charge < -0.3 is 0 Å². The number of hydrogen-bond donors (Lipinski definition) is 1. The second-order valence-corrected chi connectivity index (χ2v) is 4.94. The maximum Gasteiger partial charge on any atom is 0.272 e. The summed E-state index contributed by atoms with van der Waals surface area (Å²) >= 11 is 0. The van der Waals surface area contributed by atoms with E-state index in [1.54, 1.807) is 16.9 Å². The van der Waals surface area contributed by atoms with E-state index in [9.17, 15) is 4.79 Å². The summed E-state index contributed by atoms with van der Waals surface area (Å²) in [6, 6.07) is 17.3. The Morgan fingerprint density at radius 2 is 1.68 bits per heavy atom. The molecule has 0 unspecified atom stereocenters. The number of rotatable bonds is 2. The highest BCUT2D eigenvalue weighted by atomic mass is 16.1. The molecule has 0 fully saturated rings. The number of nitrogens with zero attached hydrogens (tertiary/aromatic N) is 3. The van der Waals surface area contributed by atoms with Crippen LogP contribution in [0.3, 0.4) is 0 Å². The maximum atomic E-state index is 11.8. The zero-order chi connectivity index (χ0) is 14.9. The second-order valence-electron chi connectivity index (χ2n) is 4.94. The lowest BCUT2D eigenvalue weighted by atomic mass is 10.0. The molecule has 0 aliphatic carbocycles. The van der Waals surface area contributed by atoms with Crippen molar-refractivity contribution in [1.29, 1.82) is 0 Å². The predicted octanol–water partition coefficient (Wildman–Crippen LogP) is 2.78. The highest BCUT2D eigenvalue weighted by Gasteiger charge is 2.08. The fraction of sp³-hybridized carbons (Fsp3) is 0. The quantitative estimate of drug-likeness (QED) is 0.617. The van der Waals surface area contributed by atoms with Gasteiger partial charge in [0, 0.05) is 23.3 Å². The first-order chi connectivity index (χ1) is 10.8. The molecule has 22 heavy (non-hydrogen) atoms. The van der Waals surface area contributed by atoms with Gasteiger partial charge >= 0.3 is 0 Å². The average Bonchev–Trinajstić information content (AvgIpc) is 3.10. The van der Waals surface area contributed by atoms with Crippen LogP contribution < -0.4 is 5.56 Å². The highest BCUT2D eigenvalue weighted by molar-refractivity contribution is 5.93. The number of hydrogen-bond acceptors (Lipinski definition) is 3. The van der Waals surface area contributed by atoms with E-state index in [-0.39, 0.29) is 5.56 Å². The Balaban J connectivity index is 1.86. The monoisotopic (exact) mass is 288 g/mol. The zero-order valence-corrected chi connectivity index (χ0v) is 11.6. The molecule has 1 N–H and O–H groups in total. The van der Waals surface area contributed by atoms with Gasteiger partial charge in [0.1, 0.15) is 0 Å². The molecule has 2 aromatic heterocycles. The van der Waals surface area contributed by atoms with Gasteiger partial charge in [-0.3, -0.25) is 4.79 Å². The van der Waals surface area contributed by atoms with E-state index >= 15 is 0 Å². The molecule has 0 atom stereocenters. The third kappa shape index (κ3) is 2.00. The summed E-state index contributed by atoms with van der Waals surface area (Å²) in [5, 5.41) is 12.5. The molecular formula is C17H12N4O. The highest BCUT2D eigenvalue weighted by Crippen LogP contribution is 2.24. The van der Waals surface area contributed by atoms with Gasteiger partial charge in [0.15, 0.2) is 0 Å². The van der Waals surface area contributed by atoms with Crippen LogP contribution in [0.2, 0.25) is 0 Å². The van der Waals surface area contributed by atoms with Crippen LogP contribution in [0.5, 0.6) is 0 Å². The Labute approximate surface area is 125 Å². The van der Waals surface area contributed by atoms with Gasteiger partial charge in [-0.1, -0.05) is 30.3 Å². The molecule has 4 rings (SSSR count). The maximum absolute atomic E-state index is 11.8. The van der Waals surface area contributed by atoms with Crippen LogP contribution in [-0.4, -0.2) is 20.0 Å². The fourth-order valence-corrected chi connectivity index (χ4v) is 2.53. The first-order valence-corrected chi connectivity index (χ1v) is 6.91. The van der Waals surface area contributed by atoms with Crippen LogP contribution in [0, 0.1) is 0 Å². The molecule has 2 heterocycles. The summed E-state index contributed by atoms with van der Waals surface area (Å²) in [7, 11) is 0. The van der Waals surface area contributed by atoms with Gasteiger partial charge in [0.25, 0.3) is 5.56 Å². The molecule has 0 saturated carbocycles. The van der Waals surface area contributed by atoms with Crippen molar-refractivity contribution in [2.24, 2.45) is 0 Å². The van der Waals surface area contributed by atoms with Gasteiger partial charge in [-0.2, -0.15) is 10.2 Å². The van der Waals surface area contributed by atoms with E-state index in [1.807, 2.05) is 54.7 Å².